The molecular weight excluding hydrogens is 277 g/mol. The van der Waals surface area contributed by atoms with Gasteiger partial charge in [-0.15, -0.1) is 0 Å². The van der Waals surface area contributed by atoms with Crippen LogP contribution in [0.15, 0.2) is 24.3 Å². The van der Waals surface area contributed by atoms with E-state index >= 15 is 0 Å². The van der Waals surface area contributed by atoms with Crippen LogP contribution < -0.4 is 10.8 Å². The van der Waals surface area contributed by atoms with Gasteiger partial charge in [-0.25, -0.2) is 0 Å². The molecule has 2 fully saturated rings. The summed E-state index contributed by atoms with van der Waals surface area (Å²) in [5.41, 5.74) is 0.819. The first-order valence-corrected chi connectivity index (χ1v) is 7.90. The molecule has 0 aromatic heterocycles. The molecule has 0 spiro atoms. The number of rotatable bonds is 3. The number of nitrogens with one attached hydrogen (secondary N) is 1. The van der Waals surface area contributed by atoms with Crippen LogP contribution in [-0.4, -0.2) is 24.2 Å². The third-order valence-corrected chi connectivity index (χ3v) is 5.22. The smallest absolute Gasteiger partial charge is 0.399 e. The molecule has 1 saturated heterocycles. The van der Waals surface area contributed by atoms with Gasteiger partial charge in [0.15, 0.2) is 0 Å². The van der Waals surface area contributed by atoms with Gasteiger partial charge in [0.05, 0.1) is 11.2 Å². The van der Waals surface area contributed by atoms with E-state index in [1.165, 1.54) is 0 Å². The highest BCUT2D eigenvalue weighted by Crippen LogP contribution is 2.45. The van der Waals surface area contributed by atoms with Gasteiger partial charge in [-0.1, -0.05) is 19.1 Å². The van der Waals surface area contributed by atoms with Crippen LogP contribution in [0, 0.1) is 5.41 Å². The first-order chi connectivity index (χ1) is 10.1. The van der Waals surface area contributed by atoms with E-state index in [4.69, 9.17) is 9.31 Å². The molecule has 0 radical (unpaired) electrons. The molecule has 118 valence electrons. The Hall–Kier alpha value is -1.33. The Kier molecular flexibility index (Phi) is 3.42. The molecule has 3 rings (SSSR count). The van der Waals surface area contributed by atoms with E-state index in [0.29, 0.717) is 0 Å². The van der Waals surface area contributed by atoms with Crippen molar-refractivity contribution in [3.63, 3.8) is 0 Å². The summed E-state index contributed by atoms with van der Waals surface area (Å²) in [6.45, 7) is 10.1. The number of carbonyl (C=O) groups excluding carboxylic acids is 1. The fourth-order valence-corrected chi connectivity index (χ4v) is 2.44. The van der Waals surface area contributed by atoms with Crippen molar-refractivity contribution in [2.45, 2.75) is 58.7 Å². The van der Waals surface area contributed by atoms with Gasteiger partial charge in [-0.2, -0.15) is 0 Å². The van der Waals surface area contributed by atoms with Crippen molar-refractivity contribution in [1.29, 1.82) is 0 Å². The molecule has 1 N–H and O–H groups in total. The minimum Gasteiger partial charge on any atom is -0.399 e. The minimum atomic E-state index is -0.404. The lowest BCUT2D eigenvalue weighted by atomic mass is 9.79. The molecule has 2 aliphatic rings. The van der Waals surface area contributed by atoms with Crippen molar-refractivity contribution in [2.75, 3.05) is 5.32 Å². The highest BCUT2D eigenvalue weighted by atomic mass is 16.7. The van der Waals surface area contributed by atoms with Crippen LogP contribution in [-0.2, 0) is 14.1 Å². The van der Waals surface area contributed by atoms with Gasteiger partial charge in [0.2, 0.25) is 5.91 Å². The van der Waals surface area contributed by atoms with Crippen molar-refractivity contribution in [3.05, 3.63) is 24.3 Å². The number of carbonyl (C=O) groups is 1. The normalized spacial score (nSPS) is 24.1. The molecule has 1 heterocycles. The second-order valence-electron chi connectivity index (χ2n) is 7.73. The molecule has 1 aliphatic heterocycles. The van der Waals surface area contributed by atoms with Crippen LogP contribution in [0.25, 0.3) is 0 Å². The molecule has 1 aromatic carbocycles. The predicted octanol–water partition coefficient (Wildman–Crippen LogP) is 2.72. The third-order valence-electron chi connectivity index (χ3n) is 5.22. The van der Waals surface area contributed by atoms with E-state index in [-0.39, 0.29) is 22.5 Å². The average molecular weight is 301 g/mol. The zero-order chi connectivity index (χ0) is 16.2. The number of hydrogen-bond acceptors (Lipinski definition) is 3. The zero-order valence-electron chi connectivity index (χ0n) is 14.0. The summed E-state index contributed by atoms with van der Waals surface area (Å²) in [6.07, 6.45) is 1.94. The lowest BCUT2D eigenvalue weighted by molar-refractivity contribution is -0.120. The Morgan fingerprint density at radius 3 is 2.23 bits per heavy atom. The fraction of sp³-hybridized carbons (Fsp3) is 0.588. The fourth-order valence-electron chi connectivity index (χ4n) is 2.44. The molecule has 1 aromatic rings. The Morgan fingerprint density at radius 1 is 1.09 bits per heavy atom. The molecule has 1 saturated carbocycles. The van der Waals surface area contributed by atoms with Gasteiger partial charge in [0, 0.05) is 11.1 Å². The van der Waals surface area contributed by atoms with Gasteiger partial charge in [-0.05, 0) is 58.1 Å². The maximum atomic E-state index is 12.2. The molecular formula is C17H24BNO3. The summed E-state index contributed by atoms with van der Waals surface area (Å²) in [6, 6.07) is 7.73. The van der Waals surface area contributed by atoms with E-state index in [1.807, 2.05) is 58.9 Å². The van der Waals surface area contributed by atoms with Crippen LogP contribution in [0.4, 0.5) is 5.69 Å². The summed E-state index contributed by atoms with van der Waals surface area (Å²) in [5.74, 6) is 0.0959. The molecule has 0 unspecified atom stereocenters. The van der Waals surface area contributed by atoms with Crippen LogP contribution in [0.3, 0.4) is 0 Å². The van der Waals surface area contributed by atoms with Crippen molar-refractivity contribution in [1.82, 2.24) is 0 Å². The Labute approximate surface area is 132 Å². The minimum absolute atomic E-state index is 0.0959. The third kappa shape index (κ3) is 2.68. The van der Waals surface area contributed by atoms with Gasteiger partial charge in [-0.3, -0.25) is 4.79 Å². The lowest BCUT2D eigenvalue weighted by Crippen LogP contribution is -2.41. The first kappa shape index (κ1) is 15.6. The highest BCUT2D eigenvalue weighted by molar-refractivity contribution is 6.62. The second-order valence-corrected chi connectivity index (χ2v) is 7.73. The molecule has 4 nitrogen and oxygen atoms in total. The van der Waals surface area contributed by atoms with Gasteiger partial charge >= 0.3 is 7.12 Å². The topological polar surface area (TPSA) is 47.6 Å². The number of benzene rings is 1. The van der Waals surface area contributed by atoms with E-state index in [1.54, 1.807) is 0 Å². The number of hydrogen-bond donors (Lipinski definition) is 1. The quantitative estimate of drug-likeness (QED) is 0.873. The molecule has 22 heavy (non-hydrogen) atoms. The summed E-state index contributed by atoms with van der Waals surface area (Å²) < 4.78 is 12.1. The zero-order valence-corrected chi connectivity index (χ0v) is 14.0. The van der Waals surface area contributed by atoms with Crippen LogP contribution in [0.1, 0.15) is 47.5 Å². The molecule has 5 heteroatoms. The number of anilines is 1. The number of amides is 1. The van der Waals surface area contributed by atoms with Crippen molar-refractivity contribution in [2.24, 2.45) is 5.41 Å². The monoisotopic (exact) mass is 301 g/mol. The van der Waals surface area contributed by atoms with Crippen molar-refractivity contribution in [3.8, 4) is 0 Å². The standard InChI is InChI=1S/C17H24BNO3/c1-15(2)16(3,4)22-18(21-15)12-7-6-8-13(11-12)19-14(20)17(5)9-10-17/h6-8,11H,9-10H2,1-5H3,(H,19,20). The maximum Gasteiger partial charge on any atom is 0.494 e. The van der Waals surface area contributed by atoms with Gasteiger partial charge < -0.3 is 14.6 Å². The van der Waals surface area contributed by atoms with Crippen molar-refractivity contribution >= 4 is 24.2 Å². The second kappa shape index (κ2) is 4.83. The van der Waals surface area contributed by atoms with E-state index < -0.39 is 7.12 Å². The SMILES string of the molecule is CC1(C(=O)Nc2cccc(B3OC(C)(C)C(C)(C)O3)c2)CC1. The summed E-state index contributed by atoms with van der Waals surface area (Å²) in [7, 11) is -0.404. The molecule has 0 bridgehead atoms. The summed E-state index contributed by atoms with van der Waals surface area (Å²) in [5, 5.41) is 3.00. The first-order valence-electron chi connectivity index (χ1n) is 7.90. The van der Waals surface area contributed by atoms with Crippen LogP contribution >= 0.6 is 0 Å². The van der Waals surface area contributed by atoms with Gasteiger partial charge in [0.1, 0.15) is 0 Å². The van der Waals surface area contributed by atoms with Crippen LogP contribution in [0.2, 0.25) is 0 Å². The van der Waals surface area contributed by atoms with Crippen molar-refractivity contribution < 1.29 is 14.1 Å². The van der Waals surface area contributed by atoms with Crippen LogP contribution in [0.5, 0.6) is 0 Å². The van der Waals surface area contributed by atoms with Gasteiger partial charge in [0.25, 0.3) is 0 Å². The van der Waals surface area contributed by atoms with E-state index in [0.717, 1.165) is 24.0 Å². The molecule has 1 amide bonds. The lowest BCUT2D eigenvalue weighted by Gasteiger charge is -2.32. The summed E-state index contributed by atoms with van der Waals surface area (Å²) in [4.78, 5) is 12.2. The van der Waals surface area contributed by atoms with E-state index in [2.05, 4.69) is 5.32 Å². The Balaban J connectivity index is 1.76. The molecule has 1 aliphatic carbocycles. The molecule has 0 atom stereocenters. The largest absolute Gasteiger partial charge is 0.494 e. The predicted molar refractivity (Wildman–Crippen MR) is 88.1 cm³/mol. The summed E-state index contributed by atoms with van der Waals surface area (Å²) >= 11 is 0. The Morgan fingerprint density at radius 2 is 1.68 bits per heavy atom. The highest BCUT2D eigenvalue weighted by Gasteiger charge is 2.51. The maximum absolute atomic E-state index is 12.2. The van der Waals surface area contributed by atoms with E-state index in [9.17, 15) is 4.79 Å². The average Bonchev–Trinajstić information content (AvgIpc) is 3.12. The Bertz CT molecular complexity index is 592.